The van der Waals surface area contributed by atoms with E-state index in [-0.39, 0.29) is 10.6 Å². The van der Waals surface area contributed by atoms with Crippen LogP contribution in [0.1, 0.15) is 11.1 Å². The number of hydrogen-bond acceptors (Lipinski definition) is 4. The Morgan fingerprint density at radius 1 is 1.04 bits per heavy atom. The predicted molar refractivity (Wildman–Crippen MR) is 110 cm³/mol. The maximum Gasteiger partial charge on any atom is 0.323 e. The van der Waals surface area contributed by atoms with Gasteiger partial charge in [-0.2, -0.15) is 11.3 Å². The minimum absolute atomic E-state index is 0.143. The predicted octanol–water partition coefficient (Wildman–Crippen LogP) is 5.33. The number of hydrogen-bond donors (Lipinski definition) is 2. The number of anilines is 2. The molecule has 8 heteroatoms. The fourth-order valence-electron chi connectivity index (χ4n) is 2.52. The second kappa shape index (κ2) is 8.12. The molecule has 0 saturated heterocycles. The van der Waals surface area contributed by atoms with Crippen molar-refractivity contribution in [2.75, 3.05) is 10.6 Å². The van der Waals surface area contributed by atoms with Crippen LogP contribution < -0.4 is 10.6 Å². The SMILES string of the molecule is Cc1ccc(NC(=O)Nc2ccsc2)cc1S(=O)(=O)Cc1ccc(Cl)cc1. The van der Waals surface area contributed by atoms with Crippen LogP contribution in [0.3, 0.4) is 0 Å². The van der Waals surface area contributed by atoms with E-state index >= 15 is 0 Å². The minimum Gasteiger partial charge on any atom is -0.308 e. The summed E-state index contributed by atoms with van der Waals surface area (Å²) < 4.78 is 25.7. The summed E-state index contributed by atoms with van der Waals surface area (Å²) in [4.78, 5) is 12.3. The number of amides is 2. The van der Waals surface area contributed by atoms with Crippen molar-refractivity contribution in [2.45, 2.75) is 17.6 Å². The molecule has 0 spiro atoms. The Morgan fingerprint density at radius 2 is 1.74 bits per heavy atom. The lowest BCUT2D eigenvalue weighted by Gasteiger charge is -2.12. The van der Waals surface area contributed by atoms with Crippen molar-refractivity contribution >= 4 is 50.2 Å². The molecule has 0 aliphatic heterocycles. The van der Waals surface area contributed by atoms with E-state index in [0.717, 1.165) is 0 Å². The third-order valence-electron chi connectivity index (χ3n) is 3.83. The summed E-state index contributed by atoms with van der Waals surface area (Å²) in [6.07, 6.45) is 0. The summed E-state index contributed by atoms with van der Waals surface area (Å²) in [5.41, 5.74) is 2.35. The lowest BCUT2D eigenvalue weighted by atomic mass is 10.2. The highest BCUT2D eigenvalue weighted by molar-refractivity contribution is 7.90. The topological polar surface area (TPSA) is 75.3 Å². The zero-order chi connectivity index (χ0) is 19.4. The summed E-state index contributed by atoms with van der Waals surface area (Å²) in [6.45, 7) is 1.73. The Bertz CT molecular complexity index is 1050. The molecule has 0 aliphatic rings. The molecule has 2 N–H and O–H groups in total. The van der Waals surface area contributed by atoms with Gasteiger partial charge in [-0.15, -0.1) is 0 Å². The van der Waals surface area contributed by atoms with E-state index in [1.165, 1.54) is 17.4 Å². The summed E-state index contributed by atoms with van der Waals surface area (Å²) in [5.74, 6) is -0.143. The number of nitrogens with one attached hydrogen (secondary N) is 2. The molecule has 27 heavy (non-hydrogen) atoms. The molecule has 0 radical (unpaired) electrons. The smallest absolute Gasteiger partial charge is 0.308 e. The first kappa shape index (κ1) is 19.4. The quantitative estimate of drug-likeness (QED) is 0.585. The second-order valence-corrected chi connectivity index (χ2v) is 9.13. The number of carbonyl (C=O) groups excluding carboxylic acids is 1. The van der Waals surface area contributed by atoms with E-state index in [9.17, 15) is 13.2 Å². The normalized spacial score (nSPS) is 11.2. The summed E-state index contributed by atoms with van der Waals surface area (Å²) >= 11 is 7.32. The van der Waals surface area contributed by atoms with Gasteiger partial charge in [-0.1, -0.05) is 29.8 Å². The molecule has 3 rings (SSSR count). The number of thiophene rings is 1. The average Bonchev–Trinajstić information content (AvgIpc) is 3.11. The van der Waals surface area contributed by atoms with Gasteiger partial charge < -0.3 is 10.6 Å². The van der Waals surface area contributed by atoms with E-state index in [1.54, 1.807) is 54.8 Å². The van der Waals surface area contributed by atoms with Crippen LogP contribution in [-0.4, -0.2) is 14.4 Å². The zero-order valence-corrected chi connectivity index (χ0v) is 16.8. The first-order valence-electron chi connectivity index (χ1n) is 8.01. The highest BCUT2D eigenvalue weighted by atomic mass is 35.5. The van der Waals surface area contributed by atoms with Crippen LogP contribution in [0, 0.1) is 6.92 Å². The number of carbonyl (C=O) groups is 1. The Hall–Kier alpha value is -2.35. The number of urea groups is 1. The van der Waals surface area contributed by atoms with Gasteiger partial charge in [0.2, 0.25) is 0 Å². The van der Waals surface area contributed by atoms with E-state index in [2.05, 4.69) is 10.6 Å². The van der Waals surface area contributed by atoms with Gasteiger partial charge >= 0.3 is 6.03 Å². The molecule has 1 heterocycles. The Balaban J connectivity index is 1.79. The van der Waals surface area contributed by atoms with Gasteiger partial charge in [0.25, 0.3) is 0 Å². The van der Waals surface area contributed by atoms with Crippen molar-refractivity contribution in [1.82, 2.24) is 0 Å². The van der Waals surface area contributed by atoms with Gasteiger partial charge in [-0.05, 0) is 53.8 Å². The fraction of sp³-hybridized carbons (Fsp3) is 0.105. The summed E-state index contributed by atoms with van der Waals surface area (Å²) in [7, 11) is -3.58. The average molecular weight is 421 g/mol. The molecule has 2 amide bonds. The first-order valence-corrected chi connectivity index (χ1v) is 11.0. The van der Waals surface area contributed by atoms with E-state index < -0.39 is 15.9 Å². The Morgan fingerprint density at radius 3 is 2.41 bits per heavy atom. The van der Waals surface area contributed by atoms with E-state index in [4.69, 9.17) is 11.6 Å². The standard InChI is InChI=1S/C19H17ClN2O3S2/c1-13-2-7-16(21-19(23)22-17-8-9-26-11-17)10-18(13)27(24,25)12-14-3-5-15(20)6-4-14/h2-11H,12H2,1H3,(H2,21,22,23). The number of rotatable bonds is 5. The molecule has 140 valence electrons. The van der Waals surface area contributed by atoms with Crippen molar-refractivity contribution in [3.8, 4) is 0 Å². The summed E-state index contributed by atoms with van der Waals surface area (Å²) in [6, 6.07) is 12.9. The second-order valence-electron chi connectivity index (χ2n) is 5.96. The van der Waals surface area contributed by atoms with Crippen LogP contribution in [0.25, 0.3) is 0 Å². The molecule has 3 aromatic rings. The highest BCUT2D eigenvalue weighted by Gasteiger charge is 2.19. The lowest BCUT2D eigenvalue weighted by molar-refractivity contribution is 0.262. The van der Waals surface area contributed by atoms with Crippen molar-refractivity contribution in [1.29, 1.82) is 0 Å². The third kappa shape index (κ3) is 5.09. The van der Waals surface area contributed by atoms with Crippen LogP contribution in [0.15, 0.2) is 64.2 Å². The molecule has 0 atom stereocenters. The van der Waals surface area contributed by atoms with Gasteiger partial charge in [-0.3, -0.25) is 0 Å². The Labute approximate surface area is 166 Å². The molecule has 5 nitrogen and oxygen atoms in total. The van der Waals surface area contributed by atoms with Gasteiger partial charge in [0.1, 0.15) is 0 Å². The number of halogens is 1. The number of aryl methyl sites for hydroxylation is 1. The number of benzene rings is 2. The van der Waals surface area contributed by atoms with Crippen LogP contribution in [0.4, 0.5) is 16.2 Å². The molecule has 0 bridgehead atoms. The van der Waals surface area contributed by atoms with Crippen LogP contribution >= 0.6 is 22.9 Å². The van der Waals surface area contributed by atoms with Crippen LogP contribution in [-0.2, 0) is 15.6 Å². The molecular formula is C19H17ClN2O3S2. The van der Waals surface area contributed by atoms with E-state index in [1.807, 2.05) is 5.38 Å². The Kier molecular flexibility index (Phi) is 5.84. The summed E-state index contributed by atoms with van der Waals surface area (Å²) in [5, 5.41) is 9.55. The van der Waals surface area contributed by atoms with Crippen molar-refractivity contribution in [3.05, 3.63) is 75.4 Å². The van der Waals surface area contributed by atoms with Gasteiger partial charge in [0, 0.05) is 16.1 Å². The first-order chi connectivity index (χ1) is 12.8. The number of sulfone groups is 1. The van der Waals surface area contributed by atoms with Gasteiger partial charge in [0.15, 0.2) is 9.84 Å². The zero-order valence-electron chi connectivity index (χ0n) is 14.4. The van der Waals surface area contributed by atoms with Gasteiger partial charge in [-0.25, -0.2) is 13.2 Å². The van der Waals surface area contributed by atoms with Crippen molar-refractivity contribution < 1.29 is 13.2 Å². The minimum atomic E-state index is -3.58. The monoisotopic (exact) mass is 420 g/mol. The maximum atomic E-state index is 12.8. The molecule has 0 fully saturated rings. The van der Waals surface area contributed by atoms with Crippen molar-refractivity contribution in [3.63, 3.8) is 0 Å². The lowest BCUT2D eigenvalue weighted by Crippen LogP contribution is -2.19. The molecule has 0 saturated carbocycles. The third-order valence-corrected chi connectivity index (χ3v) is 6.59. The van der Waals surface area contributed by atoms with E-state index in [0.29, 0.717) is 27.5 Å². The fourth-order valence-corrected chi connectivity index (χ4v) is 4.89. The molecule has 2 aromatic carbocycles. The maximum absolute atomic E-state index is 12.8. The largest absolute Gasteiger partial charge is 0.323 e. The molecule has 0 unspecified atom stereocenters. The van der Waals surface area contributed by atoms with Gasteiger partial charge in [0.05, 0.1) is 16.3 Å². The van der Waals surface area contributed by atoms with Crippen molar-refractivity contribution in [2.24, 2.45) is 0 Å². The molecule has 0 aliphatic carbocycles. The van der Waals surface area contributed by atoms with Crippen LogP contribution in [0.2, 0.25) is 5.02 Å². The highest BCUT2D eigenvalue weighted by Crippen LogP contribution is 2.24. The van der Waals surface area contributed by atoms with Crippen LogP contribution in [0.5, 0.6) is 0 Å². The molecular weight excluding hydrogens is 404 g/mol. The molecule has 1 aromatic heterocycles.